The first-order valence-corrected chi connectivity index (χ1v) is 8.90. The molecule has 4 rings (SSSR count). The van der Waals surface area contributed by atoms with Crippen molar-refractivity contribution >= 4 is 5.91 Å². The van der Waals surface area contributed by atoms with Crippen molar-refractivity contribution in [3.63, 3.8) is 0 Å². The van der Waals surface area contributed by atoms with Gasteiger partial charge >= 0.3 is 0 Å². The van der Waals surface area contributed by atoms with Crippen LogP contribution in [-0.2, 0) is 13.6 Å². The number of nitrogens with zero attached hydrogens (tertiary/aromatic N) is 4. The lowest BCUT2D eigenvalue weighted by Crippen LogP contribution is -2.25. The maximum absolute atomic E-state index is 12.5. The molecule has 0 aliphatic heterocycles. The van der Waals surface area contributed by atoms with Gasteiger partial charge in [0.2, 0.25) is 0 Å². The van der Waals surface area contributed by atoms with Crippen LogP contribution in [0, 0.1) is 0 Å². The van der Waals surface area contributed by atoms with E-state index in [1.54, 1.807) is 12.3 Å². The molecule has 1 aliphatic carbocycles. The average Bonchev–Trinajstić information content (AvgIpc) is 3.00. The van der Waals surface area contributed by atoms with Gasteiger partial charge in [-0.25, -0.2) is 0 Å². The molecule has 2 heterocycles. The molecule has 1 amide bonds. The summed E-state index contributed by atoms with van der Waals surface area (Å²) in [6.45, 7) is 0.340. The molecule has 6 heteroatoms. The number of amides is 1. The maximum atomic E-state index is 12.5. The Kier molecular flexibility index (Phi) is 4.48. The van der Waals surface area contributed by atoms with E-state index >= 15 is 0 Å². The fourth-order valence-corrected chi connectivity index (χ4v) is 3.17. The predicted molar refractivity (Wildman–Crippen MR) is 98.4 cm³/mol. The van der Waals surface area contributed by atoms with Crippen LogP contribution in [0.5, 0.6) is 0 Å². The van der Waals surface area contributed by atoms with Gasteiger partial charge in [0.15, 0.2) is 5.82 Å². The lowest BCUT2D eigenvalue weighted by Gasteiger charge is -2.24. The van der Waals surface area contributed by atoms with Gasteiger partial charge in [0, 0.05) is 19.2 Å². The van der Waals surface area contributed by atoms with Gasteiger partial charge in [0.1, 0.15) is 11.5 Å². The summed E-state index contributed by atoms with van der Waals surface area (Å²) in [5.41, 5.74) is 2.42. The number of rotatable bonds is 5. The molecule has 0 atom stereocenters. The summed E-state index contributed by atoms with van der Waals surface area (Å²) < 4.78 is 2.00. The van der Waals surface area contributed by atoms with Crippen LogP contribution < -0.4 is 5.32 Å². The second kappa shape index (κ2) is 7.07. The van der Waals surface area contributed by atoms with Gasteiger partial charge in [-0.2, -0.15) is 0 Å². The van der Waals surface area contributed by atoms with Crippen molar-refractivity contribution in [1.82, 2.24) is 25.1 Å². The van der Waals surface area contributed by atoms with Crippen LogP contribution in [0.2, 0.25) is 0 Å². The predicted octanol–water partition coefficient (Wildman–Crippen LogP) is 3.07. The highest BCUT2D eigenvalue weighted by Crippen LogP contribution is 2.35. The molecule has 1 aliphatic rings. The first-order chi connectivity index (χ1) is 12.7. The zero-order chi connectivity index (χ0) is 17.9. The van der Waals surface area contributed by atoms with E-state index in [4.69, 9.17) is 0 Å². The highest BCUT2D eigenvalue weighted by atomic mass is 16.1. The van der Waals surface area contributed by atoms with Gasteiger partial charge < -0.3 is 9.88 Å². The summed E-state index contributed by atoms with van der Waals surface area (Å²) in [6, 6.07) is 13.7. The third kappa shape index (κ3) is 3.22. The second-order valence-electron chi connectivity index (χ2n) is 6.64. The molecule has 132 valence electrons. The number of hydrogen-bond donors (Lipinski definition) is 1. The Labute approximate surface area is 152 Å². The maximum Gasteiger partial charge on any atom is 0.270 e. The molecule has 0 spiro atoms. The number of benzene rings is 1. The van der Waals surface area contributed by atoms with Crippen LogP contribution in [0.15, 0.2) is 48.7 Å². The number of carbonyl (C=O) groups excluding carboxylic acids is 1. The molecular weight excluding hydrogens is 326 g/mol. The molecular formula is C20H21N5O. The number of aromatic nitrogens is 4. The van der Waals surface area contributed by atoms with Crippen LogP contribution in [0.4, 0.5) is 0 Å². The summed E-state index contributed by atoms with van der Waals surface area (Å²) in [7, 11) is 1.96. The van der Waals surface area contributed by atoms with Gasteiger partial charge in [-0.1, -0.05) is 36.8 Å². The van der Waals surface area contributed by atoms with E-state index in [1.807, 2.05) is 48.0 Å². The monoisotopic (exact) mass is 347 g/mol. The summed E-state index contributed by atoms with van der Waals surface area (Å²) in [5.74, 6) is 2.08. The summed E-state index contributed by atoms with van der Waals surface area (Å²) in [4.78, 5) is 16.7. The SMILES string of the molecule is Cn1c(CNC(=O)c2cc(-c3ccccc3)ccn2)nnc1C1CCC1. The van der Waals surface area contributed by atoms with Crippen LogP contribution in [0.1, 0.15) is 47.3 Å². The molecule has 0 radical (unpaired) electrons. The summed E-state index contributed by atoms with van der Waals surface area (Å²) in [5, 5.41) is 11.4. The Morgan fingerprint density at radius 2 is 1.96 bits per heavy atom. The van der Waals surface area contributed by atoms with Gasteiger partial charge in [0.05, 0.1) is 6.54 Å². The van der Waals surface area contributed by atoms with Crippen molar-refractivity contribution in [2.75, 3.05) is 0 Å². The standard InChI is InChI=1S/C20H21N5O/c1-25-18(23-24-19(25)15-8-5-9-15)13-22-20(26)17-12-16(10-11-21-17)14-6-3-2-4-7-14/h2-4,6-7,10-12,15H,5,8-9,13H2,1H3,(H,22,26). The zero-order valence-electron chi connectivity index (χ0n) is 14.7. The number of nitrogens with one attached hydrogen (secondary N) is 1. The Morgan fingerprint density at radius 1 is 1.15 bits per heavy atom. The van der Waals surface area contributed by atoms with Gasteiger partial charge in [-0.05, 0) is 36.1 Å². The Balaban J connectivity index is 1.45. The Bertz CT molecular complexity index is 915. The lowest BCUT2D eigenvalue weighted by atomic mass is 9.85. The van der Waals surface area contributed by atoms with Crippen LogP contribution in [0.25, 0.3) is 11.1 Å². The molecule has 0 unspecified atom stereocenters. The van der Waals surface area contributed by atoms with Gasteiger partial charge in [0.25, 0.3) is 5.91 Å². The molecule has 1 saturated carbocycles. The van der Waals surface area contributed by atoms with E-state index in [1.165, 1.54) is 19.3 Å². The minimum Gasteiger partial charge on any atom is -0.343 e. The Morgan fingerprint density at radius 3 is 2.69 bits per heavy atom. The minimum atomic E-state index is -0.212. The third-order valence-corrected chi connectivity index (χ3v) is 4.98. The third-order valence-electron chi connectivity index (χ3n) is 4.98. The van der Waals surface area contributed by atoms with Crippen molar-refractivity contribution in [1.29, 1.82) is 0 Å². The number of pyridine rings is 1. The first kappa shape index (κ1) is 16.4. The van der Waals surface area contributed by atoms with Crippen LogP contribution >= 0.6 is 0 Å². The topological polar surface area (TPSA) is 72.7 Å². The highest BCUT2D eigenvalue weighted by Gasteiger charge is 2.25. The van der Waals surface area contributed by atoms with E-state index in [2.05, 4.69) is 20.5 Å². The van der Waals surface area contributed by atoms with Crippen molar-refractivity contribution in [3.05, 3.63) is 66.0 Å². The van der Waals surface area contributed by atoms with Gasteiger partial charge in [-0.15, -0.1) is 10.2 Å². The molecule has 0 saturated heterocycles. The fourth-order valence-electron chi connectivity index (χ4n) is 3.17. The molecule has 26 heavy (non-hydrogen) atoms. The average molecular weight is 347 g/mol. The van der Waals surface area contributed by atoms with E-state index in [9.17, 15) is 4.79 Å². The fraction of sp³-hybridized carbons (Fsp3) is 0.300. The number of hydrogen-bond acceptors (Lipinski definition) is 4. The van der Waals surface area contributed by atoms with Crippen LogP contribution in [-0.4, -0.2) is 25.7 Å². The normalized spacial score (nSPS) is 14.0. The largest absolute Gasteiger partial charge is 0.343 e. The van der Waals surface area contributed by atoms with Crippen LogP contribution in [0.3, 0.4) is 0 Å². The van der Waals surface area contributed by atoms with Crippen molar-refractivity contribution in [2.45, 2.75) is 31.7 Å². The van der Waals surface area contributed by atoms with E-state index in [0.29, 0.717) is 18.2 Å². The van der Waals surface area contributed by atoms with E-state index in [-0.39, 0.29) is 5.91 Å². The zero-order valence-corrected chi connectivity index (χ0v) is 14.7. The van der Waals surface area contributed by atoms with Crippen molar-refractivity contribution in [2.24, 2.45) is 7.05 Å². The first-order valence-electron chi connectivity index (χ1n) is 8.90. The molecule has 1 aromatic carbocycles. The lowest BCUT2D eigenvalue weighted by molar-refractivity contribution is 0.0944. The molecule has 1 N–H and O–H groups in total. The number of carbonyl (C=O) groups is 1. The summed E-state index contributed by atoms with van der Waals surface area (Å²) in [6.07, 6.45) is 5.27. The quantitative estimate of drug-likeness (QED) is 0.770. The van der Waals surface area contributed by atoms with E-state index in [0.717, 1.165) is 22.8 Å². The Hall–Kier alpha value is -3.02. The smallest absolute Gasteiger partial charge is 0.270 e. The van der Waals surface area contributed by atoms with Crippen molar-refractivity contribution < 1.29 is 4.79 Å². The minimum absolute atomic E-state index is 0.212. The molecule has 0 bridgehead atoms. The summed E-state index contributed by atoms with van der Waals surface area (Å²) >= 11 is 0. The molecule has 3 aromatic rings. The molecule has 2 aromatic heterocycles. The molecule has 1 fully saturated rings. The van der Waals surface area contributed by atoms with Gasteiger partial charge in [-0.3, -0.25) is 9.78 Å². The second-order valence-corrected chi connectivity index (χ2v) is 6.64. The molecule has 6 nitrogen and oxygen atoms in total. The highest BCUT2D eigenvalue weighted by molar-refractivity contribution is 5.93. The van der Waals surface area contributed by atoms with Crippen molar-refractivity contribution in [3.8, 4) is 11.1 Å². The van der Waals surface area contributed by atoms with E-state index < -0.39 is 0 Å².